The van der Waals surface area contributed by atoms with E-state index in [0.717, 1.165) is 31.6 Å². The summed E-state index contributed by atoms with van der Waals surface area (Å²) in [4.78, 5) is 27.1. The van der Waals surface area contributed by atoms with E-state index in [1.54, 1.807) is 9.78 Å². The Labute approximate surface area is 168 Å². The molecule has 0 bridgehead atoms. The second-order valence-electron chi connectivity index (χ2n) is 7.97. The predicted molar refractivity (Wildman–Crippen MR) is 107 cm³/mol. The first kappa shape index (κ1) is 17.2. The van der Waals surface area contributed by atoms with E-state index in [1.807, 2.05) is 4.90 Å². The highest BCUT2D eigenvalue weighted by atomic mass is 32.1. The molecule has 1 aromatic carbocycles. The van der Waals surface area contributed by atoms with Crippen LogP contribution in [0.4, 0.5) is 10.1 Å². The van der Waals surface area contributed by atoms with Gasteiger partial charge in [-0.2, -0.15) is 0 Å². The van der Waals surface area contributed by atoms with Crippen molar-refractivity contribution in [2.24, 2.45) is 5.92 Å². The fraction of sp³-hybridized carbons (Fsp3) is 0.400. The van der Waals surface area contributed by atoms with E-state index in [2.05, 4.69) is 5.32 Å². The van der Waals surface area contributed by atoms with Gasteiger partial charge in [-0.1, -0.05) is 0 Å². The normalized spacial score (nSPS) is 23.0. The third kappa shape index (κ3) is 2.25. The van der Waals surface area contributed by atoms with E-state index in [4.69, 9.17) is 4.74 Å². The number of aromatic carboxylic acids is 1. The van der Waals surface area contributed by atoms with Crippen LogP contribution in [0.1, 0.15) is 28.9 Å². The summed E-state index contributed by atoms with van der Waals surface area (Å²) < 4.78 is 23.1. The second-order valence-corrected chi connectivity index (χ2v) is 8.82. The average Bonchev–Trinajstić information content (AvgIpc) is 3.31. The molecule has 2 saturated heterocycles. The van der Waals surface area contributed by atoms with E-state index in [9.17, 15) is 14.7 Å². The molecule has 2 aromatic heterocycles. The molecule has 3 aliphatic rings. The van der Waals surface area contributed by atoms with Gasteiger partial charge in [-0.15, -0.1) is 11.3 Å². The minimum Gasteiger partial charge on any atom is -0.483 e. The molecule has 2 fully saturated rings. The molecule has 29 heavy (non-hydrogen) atoms. The van der Waals surface area contributed by atoms with Crippen molar-refractivity contribution in [3.63, 3.8) is 0 Å². The highest BCUT2D eigenvalue weighted by molar-refractivity contribution is 7.16. The lowest BCUT2D eigenvalue weighted by atomic mass is 9.94. The minimum atomic E-state index is -1.30. The van der Waals surface area contributed by atoms with Crippen LogP contribution < -0.4 is 20.4 Å². The Morgan fingerprint density at radius 1 is 1.38 bits per heavy atom. The number of fused-ring (bicyclic) bond motifs is 1. The molecule has 0 spiro atoms. The Morgan fingerprint density at radius 2 is 2.24 bits per heavy atom. The fourth-order valence-corrected chi connectivity index (χ4v) is 6.14. The number of carboxylic acids is 1. The molecule has 0 saturated carbocycles. The summed E-state index contributed by atoms with van der Waals surface area (Å²) in [6.07, 6.45) is 2.23. The standard InChI is InChI=1S/C20H18FN3O4S/c21-12-4-11-15-18(16(12)23-5-9-2-1-3-22-13(9)6-23)28-7-10-8-29-19(24(10)15)14(17(11)25)20(26)27/h4,8-9,13,22H,1-3,5-7H2,(H,26,27)/t9-,13+/m0/s1. The number of rotatable bonds is 2. The summed E-state index contributed by atoms with van der Waals surface area (Å²) >= 11 is 1.20. The van der Waals surface area contributed by atoms with Gasteiger partial charge in [0.25, 0.3) is 0 Å². The molecule has 0 radical (unpaired) electrons. The summed E-state index contributed by atoms with van der Waals surface area (Å²) in [5.74, 6) is -1.04. The Hall–Kier alpha value is -2.65. The molecule has 6 rings (SSSR count). The number of halogens is 1. The Balaban J connectivity index is 1.65. The maximum Gasteiger partial charge on any atom is 0.342 e. The van der Waals surface area contributed by atoms with Gasteiger partial charge in [0.2, 0.25) is 5.43 Å². The molecule has 0 amide bonds. The van der Waals surface area contributed by atoms with Gasteiger partial charge in [0.05, 0.1) is 11.1 Å². The summed E-state index contributed by atoms with van der Waals surface area (Å²) in [6.45, 7) is 2.60. The zero-order valence-corrected chi connectivity index (χ0v) is 16.2. The summed E-state index contributed by atoms with van der Waals surface area (Å²) in [5.41, 5.74) is 0.623. The van der Waals surface area contributed by atoms with Gasteiger partial charge in [-0.05, 0) is 31.4 Å². The van der Waals surface area contributed by atoms with E-state index >= 15 is 4.39 Å². The number of anilines is 1. The first-order chi connectivity index (χ1) is 14.0. The number of carbonyl (C=O) groups is 1. The summed E-state index contributed by atoms with van der Waals surface area (Å²) in [6, 6.07) is 1.50. The third-order valence-electron chi connectivity index (χ3n) is 6.38. The van der Waals surface area contributed by atoms with E-state index < -0.39 is 17.2 Å². The van der Waals surface area contributed by atoms with Crippen LogP contribution >= 0.6 is 11.3 Å². The maximum atomic E-state index is 15.3. The first-order valence-electron chi connectivity index (χ1n) is 9.70. The smallest absolute Gasteiger partial charge is 0.342 e. The Morgan fingerprint density at radius 3 is 3.03 bits per heavy atom. The van der Waals surface area contributed by atoms with Crippen molar-refractivity contribution >= 4 is 38.7 Å². The summed E-state index contributed by atoms with van der Waals surface area (Å²) in [7, 11) is 0. The van der Waals surface area contributed by atoms with Gasteiger partial charge in [-0.3, -0.25) is 9.20 Å². The van der Waals surface area contributed by atoms with Crippen LogP contribution in [0.2, 0.25) is 0 Å². The molecule has 5 heterocycles. The van der Waals surface area contributed by atoms with Crippen LogP contribution in [0, 0.1) is 11.7 Å². The molecule has 0 unspecified atom stereocenters. The van der Waals surface area contributed by atoms with Gasteiger partial charge in [0, 0.05) is 24.5 Å². The number of nitrogens with one attached hydrogen (secondary N) is 1. The lowest BCUT2D eigenvalue weighted by Gasteiger charge is -2.26. The highest BCUT2D eigenvalue weighted by Crippen LogP contribution is 2.44. The molecule has 3 aromatic rings. The number of pyridine rings is 1. The molecular weight excluding hydrogens is 397 g/mol. The molecule has 150 valence electrons. The van der Waals surface area contributed by atoms with Crippen LogP contribution in [-0.4, -0.2) is 41.2 Å². The van der Waals surface area contributed by atoms with Gasteiger partial charge in [-0.25, -0.2) is 9.18 Å². The molecule has 7 nitrogen and oxygen atoms in total. The number of nitrogens with zero attached hydrogens (tertiary/aromatic N) is 2. The molecular formula is C20H18FN3O4S. The zero-order chi connectivity index (χ0) is 19.9. The van der Waals surface area contributed by atoms with Gasteiger partial charge < -0.3 is 20.1 Å². The number of aromatic nitrogens is 1. The molecule has 2 N–H and O–H groups in total. The monoisotopic (exact) mass is 415 g/mol. The average molecular weight is 415 g/mol. The van der Waals surface area contributed by atoms with Gasteiger partial charge in [0.1, 0.15) is 28.2 Å². The predicted octanol–water partition coefficient (Wildman–Crippen LogP) is 2.43. The van der Waals surface area contributed by atoms with Crippen LogP contribution in [0.15, 0.2) is 16.2 Å². The lowest BCUT2D eigenvalue weighted by Crippen LogP contribution is -2.40. The number of ether oxygens (including phenoxy) is 1. The number of benzene rings is 1. The van der Waals surface area contributed by atoms with Crippen LogP contribution in [0.3, 0.4) is 0 Å². The fourth-order valence-electron chi connectivity index (χ4n) is 5.10. The van der Waals surface area contributed by atoms with Crippen LogP contribution in [0.25, 0.3) is 15.7 Å². The van der Waals surface area contributed by atoms with Gasteiger partial charge in [0.15, 0.2) is 11.6 Å². The van der Waals surface area contributed by atoms with E-state index in [-0.39, 0.29) is 17.6 Å². The van der Waals surface area contributed by atoms with Crippen molar-refractivity contribution in [2.75, 3.05) is 24.5 Å². The molecule has 3 aliphatic heterocycles. The number of carboxylic acid groups (broad SMARTS) is 1. The SMILES string of the molecule is O=C(O)c1c(=O)c2cc(F)c(N3C[C@@H]4CCCN[C@@H]4C3)c3c2n2c(csc12)CO3. The van der Waals surface area contributed by atoms with Crippen molar-refractivity contribution in [3.8, 4) is 5.75 Å². The minimum absolute atomic E-state index is 0.0465. The molecule has 0 aliphatic carbocycles. The van der Waals surface area contributed by atoms with Crippen molar-refractivity contribution < 1.29 is 19.0 Å². The maximum absolute atomic E-state index is 15.3. The van der Waals surface area contributed by atoms with Crippen molar-refractivity contribution in [1.82, 2.24) is 9.72 Å². The highest BCUT2D eigenvalue weighted by Gasteiger charge is 2.38. The number of hydrogen-bond acceptors (Lipinski definition) is 6. The van der Waals surface area contributed by atoms with Crippen LogP contribution in [-0.2, 0) is 6.61 Å². The largest absolute Gasteiger partial charge is 0.483 e. The van der Waals surface area contributed by atoms with Crippen LogP contribution in [0.5, 0.6) is 5.75 Å². The lowest BCUT2D eigenvalue weighted by molar-refractivity contribution is 0.0697. The number of piperidine rings is 1. The van der Waals surface area contributed by atoms with Crippen molar-refractivity contribution in [3.05, 3.63) is 38.7 Å². The molecule has 9 heteroatoms. The first-order valence-corrected chi connectivity index (χ1v) is 10.6. The second kappa shape index (κ2) is 5.93. The number of hydrogen-bond donors (Lipinski definition) is 2. The van der Waals surface area contributed by atoms with E-state index in [0.29, 0.717) is 40.3 Å². The third-order valence-corrected chi connectivity index (χ3v) is 7.38. The topological polar surface area (TPSA) is 83.3 Å². The van der Waals surface area contributed by atoms with Crippen molar-refractivity contribution in [1.29, 1.82) is 0 Å². The molecule has 2 atom stereocenters. The van der Waals surface area contributed by atoms with Gasteiger partial charge >= 0.3 is 5.97 Å². The Bertz CT molecular complexity index is 1250. The summed E-state index contributed by atoms with van der Waals surface area (Å²) in [5, 5.41) is 14.9. The van der Waals surface area contributed by atoms with Crippen molar-refractivity contribution in [2.45, 2.75) is 25.5 Å². The number of thiazole rings is 1. The Kier molecular flexibility index (Phi) is 3.52. The zero-order valence-electron chi connectivity index (χ0n) is 15.4. The van der Waals surface area contributed by atoms with E-state index in [1.165, 1.54) is 17.4 Å². The quantitative estimate of drug-likeness (QED) is 0.669.